The van der Waals surface area contributed by atoms with E-state index in [0.29, 0.717) is 0 Å². The summed E-state index contributed by atoms with van der Waals surface area (Å²) in [5.41, 5.74) is 1.98. The van der Waals surface area contributed by atoms with Gasteiger partial charge in [0.05, 0.1) is 0 Å². The van der Waals surface area contributed by atoms with Crippen molar-refractivity contribution >= 4 is 159 Å². The first-order valence-corrected chi connectivity index (χ1v) is 17.4. The molecule has 0 aliphatic carbocycles. The summed E-state index contributed by atoms with van der Waals surface area (Å²) < 4.78 is 0. The molecule has 0 N–H and O–H groups in total. The molecular weight excluding hydrogens is 996 g/mol. The van der Waals surface area contributed by atoms with Gasteiger partial charge in [0.2, 0.25) is 0 Å². The van der Waals surface area contributed by atoms with Crippen LogP contribution in [0.5, 0.6) is 11.5 Å². The van der Waals surface area contributed by atoms with E-state index in [-0.39, 0.29) is 158 Å². The predicted octanol–water partition coefficient (Wildman–Crippen LogP) is 4.41. The van der Waals surface area contributed by atoms with Crippen LogP contribution in [0.2, 0.25) is 0 Å². The molecule has 0 amide bonds. The first kappa shape index (κ1) is 59.6. The van der Waals surface area contributed by atoms with Crippen LogP contribution in [-0.4, -0.2) is 159 Å². The molecule has 0 aliphatic rings. The van der Waals surface area contributed by atoms with Crippen LogP contribution in [0.25, 0.3) is 0 Å². The van der Waals surface area contributed by atoms with Gasteiger partial charge in [-0.15, -0.1) is 11.5 Å². The molecule has 0 bridgehead atoms. The Bertz CT molecular complexity index is 894. The molecule has 2 aromatic carbocycles. The Balaban J connectivity index is -0.000000205. The standard InChI is InChI=1S/2C18H30O.2CH2O3.3Ba/c2*1-2-3-4-5-6-7-8-9-10-11-14-17-15-12-13-16-18(17)19;2*2-1(3)4;;;/h2*12-13,15-16,19H,2-11,14H2,1H3;2*(H2,2,3,4);;;/q;;;;3*+2/p-6. The summed E-state index contributed by atoms with van der Waals surface area (Å²) in [4.78, 5) is 16.7. The number of benzene rings is 2. The zero-order valence-corrected chi connectivity index (χ0v) is 43.9. The molecule has 11 heteroatoms. The van der Waals surface area contributed by atoms with E-state index in [9.17, 15) is 10.2 Å². The van der Waals surface area contributed by atoms with Crippen LogP contribution in [0, 0.1) is 0 Å². The van der Waals surface area contributed by atoms with Crippen LogP contribution in [0.4, 0.5) is 9.59 Å². The third kappa shape index (κ3) is 49.3. The van der Waals surface area contributed by atoms with Crippen LogP contribution >= 0.6 is 0 Å². The van der Waals surface area contributed by atoms with Crippen LogP contribution in [-0.2, 0) is 12.8 Å². The summed E-state index contributed by atoms with van der Waals surface area (Å²) in [6.07, 6.45) is 24.2. The van der Waals surface area contributed by atoms with Crippen LogP contribution < -0.4 is 30.6 Å². The van der Waals surface area contributed by atoms with E-state index in [1.165, 1.54) is 116 Å². The van der Waals surface area contributed by atoms with Crippen LogP contribution in [0.15, 0.2) is 48.5 Å². The van der Waals surface area contributed by atoms with Gasteiger partial charge in [0.1, 0.15) is 0 Å². The normalized spacial score (nSPS) is 9.35. The average Bonchev–Trinajstić information content (AvgIpc) is 3.00. The number of para-hydroxylation sites is 2. The minimum Gasteiger partial charge on any atom is -0.872 e. The maximum atomic E-state index is 11.5. The third-order valence-corrected chi connectivity index (χ3v) is 7.54. The number of carbonyl (C=O) groups excluding carboxylic acids is 2. The third-order valence-electron chi connectivity index (χ3n) is 7.54. The van der Waals surface area contributed by atoms with Gasteiger partial charge in [0.15, 0.2) is 0 Å². The fraction of sp³-hybridized carbons (Fsp3) is 0.632. The second-order valence-electron chi connectivity index (χ2n) is 11.6. The second-order valence-corrected chi connectivity index (χ2v) is 11.6. The summed E-state index contributed by atoms with van der Waals surface area (Å²) in [5.74, 6) is 0.414. The van der Waals surface area contributed by atoms with Crippen molar-refractivity contribution in [3.05, 3.63) is 59.7 Å². The molecule has 264 valence electrons. The molecule has 0 atom stereocenters. The van der Waals surface area contributed by atoms with Crippen molar-refractivity contribution in [2.24, 2.45) is 0 Å². The Kier molecular flexibility index (Phi) is 57.5. The molecule has 8 nitrogen and oxygen atoms in total. The number of hydrogen-bond donors (Lipinski definition) is 0. The molecule has 2 aromatic rings. The largest absolute Gasteiger partial charge is 2.00 e. The molecule has 0 unspecified atom stereocenters. The summed E-state index contributed by atoms with van der Waals surface area (Å²) in [5, 5.41) is 56.4. The summed E-state index contributed by atoms with van der Waals surface area (Å²) in [6.45, 7) is 4.53. The zero-order valence-electron chi connectivity index (χ0n) is 30.6. The van der Waals surface area contributed by atoms with Gasteiger partial charge in [-0.1, -0.05) is 189 Å². The van der Waals surface area contributed by atoms with E-state index in [4.69, 9.17) is 30.0 Å². The topological polar surface area (TPSA) is 172 Å². The quantitative estimate of drug-likeness (QED) is 0.123. The number of unbranched alkanes of at least 4 members (excludes halogenated alkanes) is 18. The smallest absolute Gasteiger partial charge is 0.872 e. The Morgan fingerprint density at radius 3 is 0.837 bits per heavy atom. The number of carboxylic acid groups (broad SMARTS) is 4. The maximum absolute atomic E-state index is 11.5. The number of rotatable bonds is 22. The maximum Gasteiger partial charge on any atom is 2.00 e. The minimum absolute atomic E-state index is 0. The van der Waals surface area contributed by atoms with E-state index in [1.807, 2.05) is 36.4 Å². The van der Waals surface area contributed by atoms with E-state index in [0.717, 1.165) is 36.8 Å². The van der Waals surface area contributed by atoms with Crippen molar-refractivity contribution < 1.29 is 40.2 Å². The Labute approximate surface area is 418 Å². The first-order valence-electron chi connectivity index (χ1n) is 17.4. The van der Waals surface area contributed by atoms with Crippen molar-refractivity contribution in [3.63, 3.8) is 0 Å². The van der Waals surface area contributed by atoms with Crippen molar-refractivity contribution in [3.8, 4) is 11.5 Å². The molecule has 0 aliphatic heterocycles. The summed E-state index contributed by atoms with van der Waals surface area (Å²) in [7, 11) is 0. The van der Waals surface area contributed by atoms with E-state index >= 15 is 0 Å². The number of hydrogen-bond acceptors (Lipinski definition) is 8. The van der Waals surface area contributed by atoms with Gasteiger partial charge in [0, 0.05) is 0 Å². The Hall–Kier alpha value is 1.29. The first-order chi connectivity index (χ1) is 22.1. The predicted molar refractivity (Wildman–Crippen MR) is 191 cm³/mol. The molecule has 2 rings (SSSR count). The van der Waals surface area contributed by atoms with Crippen molar-refractivity contribution in [2.45, 2.75) is 155 Å². The SMILES string of the molecule is CCCCCCCCCCCCc1ccccc1[O-].CCCCCCCCCCCCc1ccccc1[O-].O=C([O-])[O-].O=C([O-])[O-].[Ba+2].[Ba+2].[Ba+2]. The molecule has 0 saturated heterocycles. The Morgan fingerprint density at radius 1 is 0.408 bits per heavy atom. The second kappa shape index (κ2) is 47.3. The minimum atomic E-state index is -2.33. The molecule has 0 saturated carbocycles. The molecule has 0 radical (unpaired) electrons. The summed E-state index contributed by atoms with van der Waals surface area (Å²) >= 11 is 0. The van der Waals surface area contributed by atoms with E-state index in [1.54, 1.807) is 12.1 Å². The van der Waals surface area contributed by atoms with Crippen LogP contribution in [0.1, 0.15) is 153 Å². The zero-order chi connectivity index (χ0) is 34.7. The molecule has 49 heavy (non-hydrogen) atoms. The molecule has 0 heterocycles. The van der Waals surface area contributed by atoms with Gasteiger partial charge in [-0.2, -0.15) is 0 Å². The molecular formula is C38H58Ba3O8. The number of aryl methyl sites for hydroxylation is 2. The average molecular weight is 1050 g/mol. The van der Waals surface area contributed by atoms with Gasteiger partial charge < -0.3 is 40.2 Å². The van der Waals surface area contributed by atoms with Crippen LogP contribution in [0.3, 0.4) is 0 Å². The fourth-order valence-corrected chi connectivity index (χ4v) is 5.03. The monoisotopic (exact) mass is 1060 g/mol. The number of carbonyl (C=O) groups is 2. The van der Waals surface area contributed by atoms with Gasteiger partial charge in [-0.25, -0.2) is 0 Å². The molecule has 0 aromatic heterocycles. The fourth-order valence-electron chi connectivity index (χ4n) is 5.03. The van der Waals surface area contributed by atoms with Crippen molar-refractivity contribution in [1.29, 1.82) is 0 Å². The van der Waals surface area contributed by atoms with Crippen molar-refractivity contribution in [2.75, 3.05) is 0 Å². The summed E-state index contributed by atoms with van der Waals surface area (Å²) in [6, 6.07) is 14.9. The van der Waals surface area contributed by atoms with Gasteiger partial charge in [-0.05, 0) is 38.0 Å². The van der Waals surface area contributed by atoms with Gasteiger partial charge in [-0.3, -0.25) is 0 Å². The molecule has 0 spiro atoms. The van der Waals surface area contributed by atoms with E-state index < -0.39 is 12.3 Å². The molecule has 0 fully saturated rings. The van der Waals surface area contributed by atoms with E-state index in [2.05, 4.69) is 13.8 Å². The van der Waals surface area contributed by atoms with Crippen molar-refractivity contribution in [1.82, 2.24) is 0 Å². The van der Waals surface area contributed by atoms with Gasteiger partial charge in [0.25, 0.3) is 0 Å². The Morgan fingerprint density at radius 2 is 0.612 bits per heavy atom. The van der Waals surface area contributed by atoms with Gasteiger partial charge >= 0.3 is 147 Å².